The van der Waals surface area contributed by atoms with Crippen molar-refractivity contribution in [2.24, 2.45) is 0 Å². The van der Waals surface area contributed by atoms with Gasteiger partial charge in [-0.3, -0.25) is 4.79 Å². The van der Waals surface area contributed by atoms with Gasteiger partial charge in [-0.1, -0.05) is 6.92 Å². The van der Waals surface area contributed by atoms with E-state index in [-0.39, 0.29) is 16.8 Å². The van der Waals surface area contributed by atoms with E-state index in [0.717, 1.165) is 0 Å². The fourth-order valence-corrected chi connectivity index (χ4v) is 2.58. The molecule has 0 radical (unpaired) electrons. The highest BCUT2D eigenvalue weighted by Gasteiger charge is 2.15. The summed E-state index contributed by atoms with van der Waals surface area (Å²) in [6.07, 6.45) is 3.05. The van der Waals surface area contributed by atoms with Gasteiger partial charge < -0.3 is 10.1 Å². The van der Waals surface area contributed by atoms with Crippen molar-refractivity contribution in [1.82, 2.24) is 9.97 Å². The average molecular weight is 336 g/mol. The molecule has 0 saturated carbocycles. The third kappa shape index (κ3) is 4.39. The van der Waals surface area contributed by atoms with E-state index in [1.54, 1.807) is 6.92 Å². The van der Waals surface area contributed by atoms with Gasteiger partial charge in [0.2, 0.25) is 11.9 Å². The van der Waals surface area contributed by atoms with Crippen LogP contribution in [0.4, 0.5) is 11.6 Å². The van der Waals surface area contributed by atoms with Crippen molar-refractivity contribution in [2.75, 3.05) is 17.1 Å². The number of ether oxygens (including phenoxy) is 1. The van der Waals surface area contributed by atoms with Gasteiger partial charge >= 0.3 is 0 Å². The van der Waals surface area contributed by atoms with Crippen LogP contribution in [-0.4, -0.2) is 31.4 Å². The molecule has 0 fully saturated rings. The summed E-state index contributed by atoms with van der Waals surface area (Å²) in [6, 6.07) is 5.79. The summed E-state index contributed by atoms with van der Waals surface area (Å²) in [7, 11) is -2.35. The maximum Gasteiger partial charge on any atom is 0.264 e. The Balaban J connectivity index is 2.13. The number of sulfonamides is 1. The van der Waals surface area contributed by atoms with Crippen molar-refractivity contribution in [1.29, 1.82) is 0 Å². The molecule has 1 aromatic heterocycles. The highest BCUT2D eigenvalue weighted by atomic mass is 32.2. The summed E-state index contributed by atoms with van der Waals surface area (Å²) in [6.45, 7) is 1.73. The van der Waals surface area contributed by atoms with E-state index < -0.39 is 10.0 Å². The molecule has 1 heterocycles. The number of nitrogens with one attached hydrogen (secondary N) is 2. The average Bonchev–Trinajstić information content (AvgIpc) is 2.55. The van der Waals surface area contributed by atoms with E-state index in [0.29, 0.717) is 17.9 Å². The molecule has 8 nitrogen and oxygen atoms in total. The minimum absolute atomic E-state index is 0.0337. The van der Waals surface area contributed by atoms with Gasteiger partial charge in [0.15, 0.2) is 5.75 Å². The zero-order valence-corrected chi connectivity index (χ0v) is 13.4. The first kappa shape index (κ1) is 16.7. The van der Waals surface area contributed by atoms with Gasteiger partial charge in [0.1, 0.15) is 0 Å². The van der Waals surface area contributed by atoms with Crippen LogP contribution in [0, 0.1) is 0 Å². The summed E-state index contributed by atoms with van der Waals surface area (Å²) in [4.78, 5) is 19.0. The third-order valence-electron chi connectivity index (χ3n) is 2.86. The molecule has 2 N–H and O–H groups in total. The Hall–Kier alpha value is -2.68. The number of benzene rings is 1. The van der Waals surface area contributed by atoms with E-state index in [4.69, 9.17) is 4.74 Å². The van der Waals surface area contributed by atoms with Crippen LogP contribution in [0.3, 0.4) is 0 Å². The molecule has 2 aromatic rings. The van der Waals surface area contributed by atoms with Gasteiger partial charge in [-0.2, -0.15) is 0 Å². The lowest BCUT2D eigenvalue weighted by Crippen LogP contribution is -2.15. The Morgan fingerprint density at radius 1 is 1.17 bits per heavy atom. The number of amides is 1. The molecule has 0 atom stereocenters. The van der Waals surface area contributed by atoms with Crippen molar-refractivity contribution in [2.45, 2.75) is 18.2 Å². The summed E-state index contributed by atoms with van der Waals surface area (Å²) in [5, 5.41) is 2.64. The smallest absolute Gasteiger partial charge is 0.264 e. The first-order chi connectivity index (χ1) is 10.9. The lowest BCUT2D eigenvalue weighted by Gasteiger charge is -2.08. The number of aromatic nitrogens is 2. The van der Waals surface area contributed by atoms with Crippen molar-refractivity contribution in [3.05, 3.63) is 36.7 Å². The van der Waals surface area contributed by atoms with Crippen LogP contribution in [0.15, 0.2) is 41.6 Å². The number of rotatable bonds is 6. The van der Waals surface area contributed by atoms with Gasteiger partial charge in [-0.25, -0.2) is 23.1 Å². The normalized spacial score (nSPS) is 10.9. The Labute approximate surface area is 134 Å². The van der Waals surface area contributed by atoms with Crippen molar-refractivity contribution >= 4 is 27.6 Å². The molecule has 0 aliphatic heterocycles. The van der Waals surface area contributed by atoms with E-state index in [9.17, 15) is 13.2 Å². The second kappa shape index (κ2) is 7.05. The molecule has 1 aromatic carbocycles. The maximum atomic E-state index is 12.2. The summed E-state index contributed by atoms with van der Waals surface area (Å²) >= 11 is 0. The predicted molar refractivity (Wildman–Crippen MR) is 84.8 cm³/mol. The lowest BCUT2D eigenvalue weighted by atomic mass is 10.3. The van der Waals surface area contributed by atoms with E-state index in [2.05, 4.69) is 20.0 Å². The number of hydrogen-bond donors (Lipinski definition) is 2. The first-order valence-electron chi connectivity index (χ1n) is 6.73. The SMILES string of the molecule is CCC(=O)Nc1ccc(S(=O)(=O)Nc2ncc(OC)cn2)cc1. The fourth-order valence-electron chi connectivity index (χ4n) is 1.62. The van der Waals surface area contributed by atoms with Crippen LogP contribution in [0.1, 0.15) is 13.3 Å². The summed E-state index contributed by atoms with van der Waals surface area (Å²) < 4.78 is 31.6. The third-order valence-corrected chi connectivity index (χ3v) is 4.20. The van der Waals surface area contributed by atoms with E-state index in [1.165, 1.54) is 43.8 Å². The Kier molecular flexibility index (Phi) is 5.12. The van der Waals surface area contributed by atoms with Crippen LogP contribution < -0.4 is 14.8 Å². The van der Waals surface area contributed by atoms with E-state index >= 15 is 0 Å². The topological polar surface area (TPSA) is 110 Å². The number of hydrogen-bond acceptors (Lipinski definition) is 6. The Bertz CT molecular complexity index is 773. The minimum atomic E-state index is -3.81. The maximum absolute atomic E-state index is 12.2. The van der Waals surface area contributed by atoms with Crippen LogP contribution in [0.2, 0.25) is 0 Å². The molecule has 0 aliphatic carbocycles. The molecular formula is C14H16N4O4S. The zero-order chi connectivity index (χ0) is 16.9. The van der Waals surface area contributed by atoms with Crippen molar-refractivity contribution in [3.63, 3.8) is 0 Å². The highest BCUT2D eigenvalue weighted by Crippen LogP contribution is 2.17. The minimum Gasteiger partial charge on any atom is -0.494 e. The largest absolute Gasteiger partial charge is 0.494 e. The van der Waals surface area contributed by atoms with Crippen molar-refractivity contribution in [3.8, 4) is 5.75 Å². The number of carbonyl (C=O) groups excluding carboxylic acids is 1. The molecule has 0 aliphatic rings. The van der Waals surface area contributed by atoms with Gasteiger partial charge in [0.25, 0.3) is 10.0 Å². The molecular weight excluding hydrogens is 320 g/mol. The Morgan fingerprint density at radius 2 is 1.78 bits per heavy atom. The van der Waals surface area contributed by atoms with Crippen LogP contribution >= 0.6 is 0 Å². The molecule has 0 saturated heterocycles. The van der Waals surface area contributed by atoms with Gasteiger partial charge in [-0.05, 0) is 24.3 Å². The molecule has 0 bridgehead atoms. The van der Waals surface area contributed by atoms with Gasteiger partial charge in [-0.15, -0.1) is 0 Å². The molecule has 0 spiro atoms. The second-order valence-corrected chi connectivity index (χ2v) is 6.16. The quantitative estimate of drug-likeness (QED) is 0.829. The number of anilines is 2. The summed E-state index contributed by atoms with van der Waals surface area (Å²) in [5.74, 6) is 0.212. The predicted octanol–water partition coefficient (Wildman–Crippen LogP) is 1.63. The number of nitrogens with zero attached hydrogens (tertiary/aromatic N) is 2. The molecule has 9 heteroatoms. The van der Waals surface area contributed by atoms with Crippen LogP contribution in [-0.2, 0) is 14.8 Å². The molecule has 0 unspecified atom stereocenters. The monoisotopic (exact) mass is 336 g/mol. The molecule has 1 amide bonds. The first-order valence-corrected chi connectivity index (χ1v) is 8.21. The fraction of sp³-hybridized carbons (Fsp3) is 0.214. The second-order valence-electron chi connectivity index (χ2n) is 4.48. The molecule has 2 rings (SSSR count). The number of carbonyl (C=O) groups is 1. The molecule has 122 valence electrons. The molecule has 23 heavy (non-hydrogen) atoms. The lowest BCUT2D eigenvalue weighted by molar-refractivity contribution is -0.115. The van der Waals surface area contributed by atoms with Crippen molar-refractivity contribution < 1.29 is 17.9 Å². The van der Waals surface area contributed by atoms with Crippen LogP contribution in [0.25, 0.3) is 0 Å². The van der Waals surface area contributed by atoms with Gasteiger partial charge in [0, 0.05) is 12.1 Å². The number of methoxy groups -OCH3 is 1. The standard InChI is InChI=1S/C14H16N4O4S/c1-3-13(19)17-10-4-6-12(7-5-10)23(20,21)18-14-15-8-11(22-2)9-16-14/h4-9H,3H2,1-2H3,(H,17,19)(H,15,16,18). The van der Waals surface area contributed by atoms with E-state index in [1.807, 2.05) is 0 Å². The summed E-state index contributed by atoms with van der Waals surface area (Å²) in [5.41, 5.74) is 0.525. The zero-order valence-electron chi connectivity index (χ0n) is 12.6. The van der Waals surface area contributed by atoms with Gasteiger partial charge in [0.05, 0.1) is 24.4 Å². The highest BCUT2D eigenvalue weighted by molar-refractivity contribution is 7.92. The van der Waals surface area contributed by atoms with Crippen LogP contribution in [0.5, 0.6) is 5.75 Å². The Morgan fingerprint density at radius 3 is 2.30 bits per heavy atom.